The third-order valence-corrected chi connectivity index (χ3v) is 7.88. The monoisotopic (exact) mass is 502 g/mol. The number of fused-ring (bicyclic) bond motifs is 5. The van der Waals surface area contributed by atoms with Crippen LogP contribution in [0.4, 0.5) is 0 Å². The molecule has 0 bridgehead atoms. The highest BCUT2D eigenvalue weighted by molar-refractivity contribution is 5.92. The van der Waals surface area contributed by atoms with Crippen LogP contribution in [0.3, 0.4) is 0 Å². The first kappa shape index (κ1) is 23.1. The molecule has 2 heteroatoms. The Labute approximate surface area is 228 Å². The van der Waals surface area contributed by atoms with E-state index in [4.69, 9.17) is 9.47 Å². The molecule has 0 radical (unpaired) electrons. The molecule has 0 aromatic heterocycles. The molecule has 0 saturated heterocycles. The highest BCUT2D eigenvalue weighted by atomic mass is 16.5. The van der Waals surface area contributed by atoms with Gasteiger partial charge in [0.05, 0.1) is 17.9 Å². The molecule has 0 atom stereocenters. The van der Waals surface area contributed by atoms with E-state index in [-0.39, 0.29) is 0 Å². The summed E-state index contributed by atoms with van der Waals surface area (Å²) in [5.74, 6) is 1.57. The standard InChI is InChI=1S/C37H26O2/c1-3-38-31-19-15-25-21-29(17-13-27(25)23-31)37(30-18-14-28-24-32(39-4-2)20-16-26(28)22-30)35-11-7-5-9-33(35)34-10-6-8-12-36(34)37/h3-24H,1-2H2. The van der Waals surface area contributed by atoms with Gasteiger partial charge in [-0.2, -0.15) is 0 Å². The molecule has 0 fully saturated rings. The highest BCUT2D eigenvalue weighted by Gasteiger charge is 2.46. The molecule has 1 aliphatic carbocycles. The largest absolute Gasteiger partial charge is 0.466 e. The quantitative estimate of drug-likeness (QED) is 0.211. The normalized spacial score (nSPS) is 13.0. The van der Waals surface area contributed by atoms with E-state index in [9.17, 15) is 0 Å². The van der Waals surface area contributed by atoms with Gasteiger partial charge in [-0.1, -0.05) is 98.1 Å². The van der Waals surface area contributed by atoms with Gasteiger partial charge in [-0.3, -0.25) is 0 Å². The first-order valence-corrected chi connectivity index (χ1v) is 13.1. The van der Waals surface area contributed by atoms with Gasteiger partial charge in [0, 0.05) is 0 Å². The van der Waals surface area contributed by atoms with Gasteiger partial charge in [-0.15, -0.1) is 0 Å². The second kappa shape index (κ2) is 9.04. The molecule has 6 aromatic rings. The van der Waals surface area contributed by atoms with Crippen LogP contribution in [-0.2, 0) is 5.41 Å². The van der Waals surface area contributed by atoms with E-state index in [1.54, 1.807) is 0 Å². The van der Waals surface area contributed by atoms with E-state index < -0.39 is 5.41 Å². The number of benzene rings is 6. The minimum atomic E-state index is -0.470. The van der Waals surface area contributed by atoms with Gasteiger partial charge in [0.2, 0.25) is 0 Å². The smallest absolute Gasteiger partial charge is 0.127 e. The maximum Gasteiger partial charge on any atom is 0.127 e. The Balaban J connectivity index is 1.53. The third-order valence-electron chi connectivity index (χ3n) is 7.88. The molecule has 0 N–H and O–H groups in total. The maximum absolute atomic E-state index is 5.54. The molecule has 2 nitrogen and oxygen atoms in total. The summed E-state index contributed by atoms with van der Waals surface area (Å²) < 4.78 is 11.1. The van der Waals surface area contributed by atoms with Crippen LogP contribution in [0.25, 0.3) is 32.7 Å². The molecule has 0 saturated carbocycles. The van der Waals surface area contributed by atoms with Crippen molar-refractivity contribution in [3.8, 4) is 22.6 Å². The van der Waals surface area contributed by atoms with E-state index in [2.05, 4.69) is 122 Å². The topological polar surface area (TPSA) is 18.5 Å². The van der Waals surface area contributed by atoms with Gasteiger partial charge in [-0.05, 0) is 91.3 Å². The van der Waals surface area contributed by atoms with Crippen LogP contribution in [0.1, 0.15) is 22.3 Å². The van der Waals surface area contributed by atoms with Crippen LogP contribution in [0.15, 0.2) is 147 Å². The molecule has 186 valence electrons. The molecule has 6 aromatic carbocycles. The zero-order valence-corrected chi connectivity index (χ0v) is 21.4. The Bertz CT molecular complexity index is 1770. The highest BCUT2D eigenvalue weighted by Crippen LogP contribution is 2.56. The zero-order chi connectivity index (χ0) is 26.4. The molecule has 0 amide bonds. The van der Waals surface area contributed by atoms with E-state index in [1.165, 1.54) is 45.9 Å². The minimum absolute atomic E-state index is 0.470. The van der Waals surface area contributed by atoms with E-state index in [0.717, 1.165) is 33.0 Å². The predicted octanol–water partition coefficient (Wildman–Crippen LogP) is 9.40. The van der Waals surface area contributed by atoms with Gasteiger partial charge in [0.25, 0.3) is 0 Å². The summed E-state index contributed by atoms with van der Waals surface area (Å²) in [4.78, 5) is 0. The van der Waals surface area contributed by atoms with Crippen LogP contribution in [0, 0.1) is 0 Å². The summed E-state index contributed by atoms with van der Waals surface area (Å²) in [6.45, 7) is 7.38. The summed E-state index contributed by atoms with van der Waals surface area (Å²) in [6, 6.07) is 43.6. The van der Waals surface area contributed by atoms with Crippen LogP contribution < -0.4 is 9.47 Å². The van der Waals surface area contributed by atoms with Crippen molar-refractivity contribution >= 4 is 21.5 Å². The molecule has 0 unspecified atom stereocenters. The van der Waals surface area contributed by atoms with E-state index >= 15 is 0 Å². The van der Waals surface area contributed by atoms with Crippen LogP contribution in [0.5, 0.6) is 11.5 Å². The molecule has 39 heavy (non-hydrogen) atoms. The van der Waals surface area contributed by atoms with Crippen molar-refractivity contribution in [3.05, 3.63) is 169 Å². The van der Waals surface area contributed by atoms with Crippen molar-refractivity contribution in [2.24, 2.45) is 0 Å². The van der Waals surface area contributed by atoms with Crippen molar-refractivity contribution in [1.29, 1.82) is 0 Å². The van der Waals surface area contributed by atoms with Gasteiger partial charge >= 0.3 is 0 Å². The summed E-state index contributed by atoms with van der Waals surface area (Å²) in [5.41, 5.74) is 7.13. The Hall–Kier alpha value is -5.08. The molecule has 0 aliphatic heterocycles. The van der Waals surface area contributed by atoms with Gasteiger partial charge in [0.1, 0.15) is 11.5 Å². The zero-order valence-electron chi connectivity index (χ0n) is 21.4. The SMILES string of the molecule is C=COc1ccc2cc(C3(c4ccc5cc(OC=C)ccc5c4)c4ccccc4-c4ccccc43)ccc2c1. The van der Waals surface area contributed by atoms with Gasteiger partial charge in [-0.25, -0.2) is 0 Å². The number of hydrogen-bond donors (Lipinski definition) is 0. The fourth-order valence-corrected chi connectivity index (χ4v) is 6.28. The van der Waals surface area contributed by atoms with Crippen molar-refractivity contribution < 1.29 is 9.47 Å². The lowest BCUT2D eigenvalue weighted by atomic mass is 9.67. The average Bonchev–Trinajstić information content (AvgIpc) is 3.28. The third kappa shape index (κ3) is 3.49. The fourth-order valence-electron chi connectivity index (χ4n) is 6.28. The molecule has 7 rings (SSSR count). The number of hydrogen-bond acceptors (Lipinski definition) is 2. The summed E-state index contributed by atoms with van der Waals surface area (Å²) >= 11 is 0. The lowest BCUT2D eigenvalue weighted by Crippen LogP contribution is -2.28. The average molecular weight is 503 g/mol. The van der Waals surface area contributed by atoms with Gasteiger partial charge in [0.15, 0.2) is 0 Å². The van der Waals surface area contributed by atoms with Crippen molar-refractivity contribution in [1.82, 2.24) is 0 Å². The van der Waals surface area contributed by atoms with E-state index in [0.29, 0.717) is 0 Å². The Morgan fingerprint density at radius 3 is 1.33 bits per heavy atom. The molecule has 1 aliphatic rings. The second-order valence-corrected chi connectivity index (χ2v) is 9.86. The Morgan fingerprint density at radius 1 is 0.462 bits per heavy atom. The van der Waals surface area contributed by atoms with Gasteiger partial charge < -0.3 is 9.47 Å². The first-order chi connectivity index (χ1) is 19.2. The lowest BCUT2D eigenvalue weighted by Gasteiger charge is -2.34. The van der Waals surface area contributed by atoms with Crippen LogP contribution >= 0.6 is 0 Å². The number of rotatable bonds is 6. The van der Waals surface area contributed by atoms with E-state index in [1.807, 2.05) is 12.1 Å². The molecular formula is C37H26O2. The predicted molar refractivity (Wildman–Crippen MR) is 160 cm³/mol. The summed E-state index contributed by atoms with van der Waals surface area (Å²) in [5, 5.41) is 4.58. The minimum Gasteiger partial charge on any atom is -0.466 e. The number of ether oxygens (including phenoxy) is 2. The van der Waals surface area contributed by atoms with Crippen molar-refractivity contribution in [2.45, 2.75) is 5.41 Å². The van der Waals surface area contributed by atoms with Crippen molar-refractivity contribution in [3.63, 3.8) is 0 Å². The Kier molecular flexibility index (Phi) is 5.35. The van der Waals surface area contributed by atoms with Crippen LogP contribution in [0.2, 0.25) is 0 Å². The van der Waals surface area contributed by atoms with Crippen molar-refractivity contribution in [2.75, 3.05) is 0 Å². The summed E-state index contributed by atoms with van der Waals surface area (Å²) in [7, 11) is 0. The molecule has 0 spiro atoms. The Morgan fingerprint density at radius 2 is 0.872 bits per heavy atom. The molecular weight excluding hydrogens is 476 g/mol. The summed E-state index contributed by atoms with van der Waals surface area (Å²) in [6.07, 6.45) is 2.92. The molecule has 0 heterocycles. The lowest BCUT2D eigenvalue weighted by molar-refractivity contribution is 0.484. The maximum atomic E-state index is 5.54. The first-order valence-electron chi connectivity index (χ1n) is 13.1. The second-order valence-electron chi connectivity index (χ2n) is 9.86. The fraction of sp³-hybridized carbons (Fsp3) is 0.0270. The van der Waals surface area contributed by atoms with Crippen LogP contribution in [-0.4, -0.2) is 0 Å².